The first-order valence-electron chi connectivity index (χ1n) is 5.36. The highest BCUT2D eigenvalue weighted by molar-refractivity contribution is 6.31. The fraction of sp³-hybridized carbons (Fsp3) is 0.167. The highest BCUT2D eigenvalue weighted by Crippen LogP contribution is 2.15. The van der Waals surface area contributed by atoms with Crippen LogP contribution in [-0.4, -0.2) is 22.0 Å². The van der Waals surface area contributed by atoms with Crippen LogP contribution in [0.5, 0.6) is 0 Å². The third-order valence-electron chi connectivity index (χ3n) is 2.39. The van der Waals surface area contributed by atoms with Gasteiger partial charge < -0.3 is 4.90 Å². The maximum atomic E-state index is 8.85. The molecule has 2 aromatic rings. The van der Waals surface area contributed by atoms with Crippen molar-refractivity contribution in [3.63, 3.8) is 0 Å². The number of nitriles is 1. The van der Waals surface area contributed by atoms with E-state index >= 15 is 0 Å². The van der Waals surface area contributed by atoms with Gasteiger partial charge >= 0.3 is 0 Å². The minimum Gasteiger partial charge on any atom is -0.339 e. The zero-order chi connectivity index (χ0) is 13.8. The van der Waals surface area contributed by atoms with Gasteiger partial charge in [0.2, 0.25) is 16.5 Å². The first kappa shape index (κ1) is 13.5. The van der Waals surface area contributed by atoms with Crippen molar-refractivity contribution in [1.29, 1.82) is 5.26 Å². The zero-order valence-corrected chi connectivity index (χ0v) is 11.5. The van der Waals surface area contributed by atoms with Gasteiger partial charge in [0.05, 0.1) is 11.6 Å². The lowest BCUT2D eigenvalue weighted by molar-refractivity contribution is 0.852. The largest absolute Gasteiger partial charge is 0.339 e. The minimum absolute atomic E-state index is 0.0487. The van der Waals surface area contributed by atoms with Crippen LogP contribution >= 0.6 is 23.2 Å². The maximum Gasteiger partial charge on any atom is 0.231 e. The van der Waals surface area contributed by atoms with E-state index in [1.165, 1.54) is 0 Å². The molecule has 0 aliphatic rings. The molecule has 5 nitrogen and oxygen atoms in total. The molecule has 7 heteroatoms. The fourth-order valence-electron chi connectivity index (χ4n) is 1.57. The number of nitrogens with zero attached hydrogens (tertiary/aromatic N) is 5. The Morgan fingerprint density at radius 1 is 1.21 bits per heavy atom. The summed E-state index contributed by atoms with van der Waals surface area (Å²) >= 11 is 11.5. The molecule has 0 aliphatic carbocycles. The predicted molar refractivity (Wildman–Crippen MR) is 73.1 cm³/mol. The zero-order valence-electron chi connectivity index (χ0n) is 10.0. The third kappa shape index (κ3) is 3.53. The highest BCUT2D eigenvalue weighted by atomic mass is 35.5. The smallest absolute Gasteiger partial charge is 0.231 e. The van der Waals surface area contributed by atoms with Crippen molar-refractivity contribution in [1.82, 2.24) is 15.0 Å². The Kier molecular flexibility index (Phi) is 4.15. The lowest BCUT2D eigenvalue weighted by Gasteiger charge is -2.17. The van der Waals surface area contributed by atoms with Gasteiger partial charge in [-0.05, 0) is 40.9 Å². The van der Waals surface area contributed by atoms with E-state index < -0.39 is 0 Å². The molecule has 0 fully saturated rings. The van der Waals surface area contributed by atoms with E-state index in [4.69, 9.17) is 28.5 Å². The Morgan fingerprint density at radius 3 is 2.53 bits per heavy atom. The van der Waals surface area contributed by atoms with Crippen LogP contribution in [0.4, 0.5) is 5.95 Å². The van der Waals surface area contributed by atoms with Crippen molar-refractivity contribution in [3.8, 4) is 6.07 Å². The summed E-state index contributed by atoms with van der Waals surface area (Å²) in [6.45, 7) is 0.534. The second-order valence-electron chi connectivity index (χ2n) is 3.84. The number of rotatable bonds is 3. The number of benzene rings is 1. The molecule has 1 heterocycles. The molecule has 0 saturated carbocycles. The molecular weight excluding hydrogens is 285 g/mol. The number of anilines is 1. The molecule has 0 unspecified atom stereocenters. The van der Waals surface area contributed by atoms with E-state index in [1.807, 2.05) is 12.1 Å². The average molecular weight is 294 g/mol. The first-order chi connectivity index (χ1) is 9.08. The third-order valence-corrected chi connectivity index (χ3v) is 2.72. The lowest BCUT2D eigenvalue weighted by atomic mass is 10.1. The van der Waals surface area contributed by atoms with Crippen LogP contribution in [0, 0.1) is 11.3 Å². The van der Waals surface area contributed by atoms with Crippen molar-refractivity contribution in [2.24, 2.45) is 0 Å². The number of aromatic nitrogens is 3. The Labute approximate surface area is 120 Å². The van der Waals surface area contributed by atoms with Gasteiger partial charge in [-0.2, -0.15) is 20.2 Å². The summed E-state index contributed by atoms with van der Waals surface area (Å²) in [5.74, 6) is 0.382. The quantitative estimate of drug-likeness (QED) is 0.870. The average Bonchev–Trinajstić information content (AvgIpc) is 2.37. The van der Waals surface area contributed by atoms with Crippen molar-refractivity contribution in [3.05, 3.63) is 46.0 Å². The normalized spacial score (nSPS) is 10.0. The number of hydrogen-bond acceptors (Lipinski definition) is 5. The summed E-state index contributed by atoms with van der Waals surface area (Å²) in [4.78, 5) is 13.4. The molecule has 0 aliphatic heterocycles. The summed E-state index contributed by atoms with van der Waals surface area (Å²) in [6, 6.07) is 9.40. The van der Waals surface area contributed by atoms with Gasteiger partial charge in [0.25, 0.3) is 0 Å². The van der Waals surface area contributed by atoms with Crippen LogP contribution in [0.3, 0.4) is 0 Å². The Hall–Kier alpha value is -1.90. The number of halogens is 2. The Balaban J connectivity index is 2.20. The van der Waals surface area contributed by atoms with Gasteiger partial charge in [-0.3, -0.25) is 0 Å². The highest BCUT2D eigenvalue weighted by Gasteiger charge is 2.09. The van der Waals surface area contributed by atoms with E-state index in [9.17, 15) is 0 Å². The van der Waals surface area contributed by atoms with Gasteiger partial charge in [-0.25, -0.2) is 0 Å². The van der Waals surface area contributed by atoms with Crippen LogP contribution in [0.25, 0.3) is 0 Å². The van der Waals surface area contributed by atoms with Gasteiger partial charge in [0.1, 0.15) is 0 Å². The fourth-order valence-corrected chi connectivity index (χ4v) is 1.93. The van der Waals surface area contributed by atoms with E-state index in [0.29, 0.717) is 18.1 Å². The molecule has 0 amide bonds. The molecule has 0 atom stereocenters. The lowest BCUT2D eigenvalue weighted by Crippen LogP contribution is -2.19. The van der Waals surface area contributed by atoms with Gasteiger partial charge in [-0.1, -0.05) is 12.1 Å². The molecule has 96 valence electrons. The molecule has 0 N–H and O–H groups in total. The monoisotopic (exact) mass is 293 g/mol. The molecule has 1 aromatic carbocycles. The van der Waals surface area contributed by atoms with Gasteiger partial charge in [-0.15, -0.1) is 0 Å². The molecule has 0 spiro atoms. The first-order valence-corrected chi connectivity index (χ1v) is 6.11. The summed E-state index contributed by atoms with van der Waals surface area (Å²) in [6.07, 6.45) is 0. The summed E-state index contributed by atoms with van der Waals surface area (Å²) in [5, 5.41) is 8.95. The van der Waals surface area contributed by atoms with Crippen molar-refractivity contribution < 1.29 is 0 Å². The molecule has 0 bridgehead atoms. The topological polar surface area (TPSA) is 65.7 Å². The Morgan fingerprint density at radius 2 is 1.89 bits per heavy atom. The minimum atomic E-state index is 0.0487. The van der Waals surface area contributed by atoms with E-state index in [2.05, 4.69) is 21.0 Å². The SMILES string of the molecule is CN(Cc1cccc(C#N)c1)c1nc(Cl)nc(Cl)n1. The summed E-state index contributed by atoms with van der Waals surface area (Å²) < 4.78 is 0. The maximum absolute atomic E-state index is 8.85. The molecular formula is C12H9Cl2N5. The predicted octanol–water partition coefficient (Wildman–Crippen LogP) is 2.69. The van der Waals surface area contributed by atoms with Crippen LogP contribution in [-0.2, 0) is 6.54 Å². The molecule has 19 heavy (non-hydrogen) atoms. The standard InChI is InChI=1S/C12H9Cl2N5/c1-19(12-17-10(13)16-11(14)18-12)7-9-4-2-3-8(5-9)6-15/h2-5H,7H2,1H3. The van der Waals surface area contributed by atoms with Crippen LogP contribution in [0.2, 0.25) is 10.6 Å². The second-order valence-corrected chi connectivity index (χ2v) is 4.52. The second kappa shape index (κ2) is 5.83. The van der Waals surface area contributed by atoms with Crippen molar-refractivity contribution >= 4 is 29.2 Å². The van der Waals surface area contributed by atoms with E-state index in [0.717, 1.165) is 5.56 Å². The summed E-state index contributed by atoms with van der Waals surface area (Å²) in [5.41, 5.74) is 1.58. The van der Waals surface area contributed by atoms with Crippen LogP contribution in [0.1, 0.15) is 11.1 Å². The molecule has 0 radical (unpaired) electrons. The van der Waals surface area contributed by atoms with Crippen LogP contribution < -0.4 is 4.90 Å². The van der Waals surface area contributed by atoms with Crippen molar-refractivity contribution in [2.45, 2.75) is 6.54 Å². The number of hydrogen-bond donors (Lipinski definition) is 0. The van der Waals surface area contributed by atoms with E-state index in [1.54, 1.807) is 24.1 Å². The van der Waals surface area contributed by atoms with Crippen LogP contribution in [0.15, 0.2) is 24.3 Å². The molecule has 1 aromatic heterocycles. The van der Waals surface area contributed by atoms with Gasteiger partial charge in [0.15, 0.2) is 0 Å². The summed E-state index contributed by atoms with van der Waals surface area (Å²) in [7, 11) is 1.81. The molecule has 0 saturated heterocycles. The van der Waals surface area contributed by atoms with Crippen molar-refractivity contribution in [2.75, 3.05) is 11.9 Å². The molecule has 2 rings (SSSR count). The van der Waals surface area contributed by atoms with Gasteiger partial charge in [0, 0.05) is 13.6 Å². The Bertz CT molecular complexity index is 618. The van der Waals surface area contributed by atoms with E-state index in [-0.39, 0.29) is 10.6 Å².